The monoisotopic (exact) mass is 438 g/mol. The summed E-state index contributed by atoms with van der Waals surface area (Å²) in [7, 11) is -1.85. The van der Waals surface area contributed by atoms with Gasteiger partial charge in [-0.25, -0.2) is 8.42 Å². The standard InChI is InChI=1S/C22H25F3N2O2S/c1-3-27-12-10-18-19-14-17(8-9-20(19)26(2)21(18)11-13-27)30(28,29)16-6-4-15(5-7-16)22(23,24)25/h4-9,14,18,21H,3,10-13H2,1-2H3/t18-,21+/m0/s1. The van der Waals surface area contributed by atoms with Gasteiger partial charge in [0.05, 0.1) is 15.4 Å². The number of likely N-dealkylation sites (tertiary alicyclic amines) is 1. The first-order valence-electron chi connectivity index (χ1n) is 10.1. The van der Waals surface area contributed by atoms with E-state index in [1.54, 1.807) is 12.1 Å². The number of anilines is 1. The molecule has 0 aromatic heterocycles. The third-order valence-corrected chi connectivity index (χ3v) is 8.25. The molecule has 2 aromatic rings. The second-order valence-corrected chi connectivity index (χ2v) is 9.99. The zero-order chi connectivity index (χ0) is 21.7. The number of benzene rings is 2. The van der Waals surface area contributed by atoms with Crippen LogP contribution in [0.5, 0.6) is 0 Å². The van der Waals surface area contributed by atoms with Crippen molar-refractivity contribution in [3.8, 4) is 0 Å². The quantitative estimate of drug-likeness (QED) is 0.705. The van der Waals surface area contributed by atoms with Crippen LogP contribution in [0.1, 0.15) is 36.8 Å². The van der Waals surface area contributed by atoms with Gasteiger partial charge in [-0.05, 0) is 74.0 Å². The molecule has 1 fully saturated rings. The van der Waals surface area contributed by atoms with Crippen LogP contribution in [0.3, 0.4) is 0 Å². The molecule has 0 aliphatic carbocycles. The Bertz CT molecular complexity index is 1040. The first kappa shape index (κ1) is 21.2. The number of likely N-dealkylation sites (N-methyl/N-ethyl adjacent to an activating group) is 1. The average molecular weight is 439 g/mol. The van der Waals surface area contributed by atoms with E-state index in [-0.39, 0.29) is 15.7 Å². The highest BCUT2D eigenvalue weighted by atomic mass is 32.2. The van der Waals surface area contributed by atoms with Crippen LogP contribution in [0.15, 0.2) is 52.3 Å². The molecule has 8 heteroatoms. The Kier molecular flexibility index (Phi) is 5.34. The molecule has 2 heterocycles. The lowest BCUT2D eigenvalue weighted by molar-refractivity contribution is -0.137. The van der Waals surface area contributed by atoms with Gasteiger partial charge in [-0.3, -0.25) is 0 Å². The molecule has 0 radical (unpaired) electrons. The summed E-state index contributed by atoms with van der Waals surface area (Å²) >= 11 is 0. The number of sulfone groups is 1. The number of hydrogen-bond acceptors (Lipinski definition) is 4. The minimum atomic E-state index is -4.50. The van der Waals surface area contributed by atoms with Crippen molar-refractivity contribution in [3.63, 3.8) is 0 Å². The van der Waals surface area contributed by atoms with Crippen LogP contribution >= 0.6 is 0 Å². The summed E-state index contributed by atoms with van der Waals surface area (Å²) in [6.07, 6.45) is -2.52. The Morgan fingerprint density at radius 2 is 1.63 bits per heavy atom. The lowest BCUT2D eigenvalue weighted by Crippen LogP contribution is -2.31. The number of nitrogens with zero attached hydrogens (tertiary/aromatic N) is 2. The van der Waals surface area contributed by atoms with E-state index in [1.165, 1.54) is 0 Å². The van der Waals surface area contributed by atoms with Crippen LogP contribution in [0, 0.1) is 0 Å². The van der Waals surface area contributed by atoms with Gasteiger partial charge < -0.3 is 9.80 Å². The molecule has 0 spiro atoms. The van der Waals surface area contributed by atoms with Crippen molar-refractivity contribution in [1.82, 2.24) is 4.90 Å². The van der Waals surface area contributed by atoms with Gasteiger partial charge in [0, 0.05) is 31.2 Å². The van der Waals surface area contributed by atoms with E-state index in [9.17, 15) is 21.6 Å². The van der Waals surface area contributed by atoms with Crippen molar-refractivity contribution in [2.75, 3.05) is 31.6 Å². The van der Waals surface area contributed by atoms with Crippen LogP contribution in [0.4, 0.5) is 18.9 Å². The van der Waals surface area contributed by atoms with E-state index in [0.29, 0.717) is 6.04 Å². The van der Waals surface area contributed by atoms with Crippen molar-refractivity contribution in [2.45, 2.75) is 47.7 Å². The van der Waals surface area contributed by atoms with Crippen molar-refractivity contribution in [1.29, 1.82) is 0 Å². The molecular weight excluding hydrogens is 413 g/mol. The predicted octanol–water partition coefficient (Wildman–Crippen LogP) is 4.56. The molecule has 2 atom stereocenters. The summed E-state index contributed by atoms with van der Waals surface area (Å²) < 4.78 is 64.6. The number of fused-ring (bicyclic) bond motifs is 3. The maximum absolute atomic E-state index is 13.1. The summed E-state index contributed by atoms with van der Waals surface area (Å²) in [4.78, 5) is 4.66. The molecule has 0 unspecified atom stereocenters. The lowest BCUT2D eigenvalue weighted by atomic mass is 9.91. The Hall–Kier alpha value is -2.06. The SMILES string of the molecule is CCN1CC[C@@H]2[C@@H](CC1)c1cc(S(=O)(=O)c3ccc(C(F)(F)F)cc3)ccc1N2C. The zero-order valence-electron chi connectivity index (χ0n) is 17.0. The summed E-state index contributed by atoms with van der Waals surface area (Å²) in [5, 5.41) is 0. The van der Waals surface area contributed by atoms with Gasteiger partial charge in [-0.15, -0.1) is 0 Å². The molecule has 2 aliphatic heterocycles. The number of rotatable bonds is 3. The summed E-state index contributed by atoms with van der Waals surface area (Å²) in [5.41, 5.74) is 1.20. The molecule has 30 heavy (non-hydrogen) atoms. The van der Waals surface area contributed by atoms with E-state index < -0.39 is 21.6 Å². The lowest BCUT2D eigenvalue weighted by Gasteiger charge is -2.25. The molecule has 1 saturated heterocycles. The fraction of sp³-hybridized carbons (Fsp3) is 0.455. The molecule has 2 aliphatic rings. The van der Waals surface area contributed by atoms with E-state index in [2.05, 4.69) is 23.8 Å². The van der Waals surface area contributed by atoms with Crippen molar-refractivity contribution in [3.05, 3.63) is 53.6 Å². The second kappa shape index (κ2) is 7.57. The Morgan fingerprint density at radius 1 is 1.00 bits per heavy atom. The topological polar surface area (TPSA) is 40.6 Å². The third-order valence-electron chi connectivity index (χ3n) is 6.49. The van der Waals surface area contributed by atoms with E-state index in [0.717, 1.165) is 68.0 Å². The first-order chi connectivity index (χ1) is 14.1. The minimum absolute atomic E-state index is 0.128. The number of halogens is 3. The van der Waals surface area contributed by atoms with Gasteiger partial charge in [0.2, 0.25) is 9.84 Å². The van der Waals surface area contributed by atoms with Crippen LogP contribution in [0.2, 0.25) is 0 Å². The van der Waals surface area contributed by atoms with E-state index in [4.69, 9.17) is 0 Å². The Morgan fingerprint density at radius 3 is 2.27 bits per heavy atom. The van der Waals surface area contributed by atoms with Crippen molar-refractivity contribution in [2.24, 2.45) is 0 Å². The van der Waals surface area contributed by atoms with Gasteiger partial charge in [0.25, 0.3) is 0 Å². The summed E-state index contributed by atoms with van der Waals surface area (Å²) in [6.45, 7) is 5.14. The Labute approximate surface area is 175 Å². The van der Waals surface area contributed by atoms with Crippen LogP contribution in [0.25, 0.3) is 0 Å². The van der Waals surface area contributed by atoms with Gasteiger partial charge in [-0.2, -0.15) is 13.2 Å². The van der Waals surface area contributed by atoms with Gasteiger partial charge in [0.1, 0.15) is 0 Å². The average Bonchev–Trinajstić information content (AvgIpc) is 2.86. The van der Waals surface area contributed by atoms with Crippen LogP contribution in [-0.4, -0.2) is 46.0 Å². The summed E-state index contributed by atoms with van der Waals surface area (Å²) in [6, 6.07) is 9.15. The van der Waals surface area contributed by atoms with E-state index in [1.807, 2.05) is 6.07 Å². The normalized spacial score (nSPS) is 22.5. The largest absolute Gasteiger partial charge is 0.416 e. The summed E-state index contributed by atoms with van der Waals surface area (Å²) in [5.74, 6) is 0.254. The second-order valence-electron chi connectivity index (χ2n) is 8.04. The predicted molar refractivity (Wildman–Crippen MR) is 110 cm³/mol. The molecule has 162 valence electrons. The first-order valence-corrected chi connectivity index (χ1v) is 11.6. The fourth-order valence-electron chi connectivity index (χ4n) is 4.74. The highest BCUT2D eigenvalue weighted by Crippen LogP contribution is 2.45. The fourth-order valence-corrected chi connectivity index (χ4v) is 6.04. The van der Waals surface area contributed by atoms with Crippen molar-refractivity contribution >= 4 is 15.5 Å². The van der Waals surface area contributed by atoms with Crippen molar-refractivity contribution < 1.29 is 21.6 Å². The van der Waals surface area contributed by atoms with Gasteiger partial charge >= 0.3 is 6.18 Å². The molecule has 0 N–H and O–H groups in total. The third kappa shape index (κ3) is 3.60. The molecule has 0 saturated carbocycles. The maximum atomic E-state index is 13.1. The highest BCUT2D eigenvalue weighted by Gasteiger charge is 2.39. The van der Waals surface area contributed by atoms with Gasteiger partial charge in [-0.1, -0.05) is 6.92 Å². The zero-order valence-corrected chi connectivity index (χ0v) is 17.8. The molecular formula is C22H25F3N2O2S. The minimum Gasteiger partial charge on any atom is -0.371 e. The number of alkyl halides is 3. The molecule has 0 bridgehead atoms. The highest BCUT2D eigenvalue weighted by molar-refractivity contribution is 7.91. The van der Waals surface area contributed by atoms with Crippen LogP contribution in [-0.2, 0) is 16.0 Å². The van der Waals surface area contributed by atoms with Gasteiger partial charge in [0.15, 0.2) is 0 Å². The smallest absolute Gasteiger partial charge is 0.371 e. The Balaban J connectivity index is 1.68. The molecule has 2 aromatic carbocycles. The molecule has 4 rings (SSSR count). The van der Waals surface area contributed by atoms with E-state index >= 15 is 0 Å². The molecule has 0 amide bonds. The van der Waals surface area contributed by atoms with Crippen LogP contribution < -0.4 is 4.90 Å². The number of hydrogen-bond donors (Lipinski definition) is 0. The molecule has 4 nitrogen and oxygen atoms in total. The maximum Gasteiger partial charge on any atom is 0.416 e.